The third kappa shape index (κ3) is 4.83. The normalized spacial score (nSPS) is 14.2. The fourth-order valence-electron chi connectivity index (χ4n) is 3.90. The Morgan fingerprint density at radius 1 is 1.14 bits per heavy atom. The average molecular weight is 506 g/mol. The Hall–Kier alpha value is -4.09. The number of nitrogens with zero attached hydrogens (tertiary/aromatic N) is 3. The van der Waals surface area contributed by atoms with Gasteiger partial charge in [-0.3, -0.25) is 9.59 Å². The van der Waals surface area contributed by atoms with Crippen LogP contribution in [0.1, 0.15) is 38.9 Å². The van der Waals surface area contributed by atoms with Crippen molar-refractivity contribution >= 4 is 11.8 Å². The van der Waals surface area contributed by atoms with Crippen molar-refractivity contribution in [2.24, 2.45) is 5.73 Å². The van der Waals surface area contributed by atoms with E-state index in [-0.39, 0.29) is 35.7 Å². The molecule has 190 valence electrons. The highest BCUT2D eigenvalue weighted by Gasteiger charge is 2.40. The van der Waals surface area contributed by atoms with Crippen molar-refractivity contribution in [1.29, 1.82) is 0 Å². The minimum Gasteiger partial charge on any atom is -0.495 e. The molecule has 0 fully saturated rings. The van der Waals surface area contributed by atoms with Gasteiger partial charge in [-0.25, -0.2) is 9.07 Å². The van der Waals surface area contributed by atoms with E-state index in [2.05, 4.69) is 5.10 Å². The largest absolute Gasteiger partial charge is 0.495 e. The summed E-state index contributed by atoms with van der Waals surface area (Å²) in [5.74, 6) is -2.67. The highest BCUT2D eigenvalue weighted by Crippen LogP contribution is 2.37. The smallest absolute Gasteiger partial charge is 0.425 e. The van der Waals surface area contributed by atoms with E-state index in [4.69, 9.17) is 15.2 Å². The van der Waals surface area contributed by atoms with Crippen molar-refractivity contribution in [2.75, 3.05) is 13.7 Å². The van der Waals surface area contributed by atoms with Crippen LogP contribution in [0.4, 0.5) is 17.6 Å². The first kappa shape index (κ1) is 25.0. The van der Waals surface area contributed by atoms with Crippen LogP contribution in [0.25, 0.3) is 5.69 Å². The summed E-state index contributed by atoms with van der Waals surface area (Å²) in [4.78, 5) is 26.9. The number of benzene rings is 2. The second-order valence-electron chi connectivity index (χ2n) is 8.18. The molecule has 2 heterocycles. The van der Waals surface area contributed by atoms with Gasteiger partial charge in [0.2, 0.25) is 0 Å². The van der Waals surface area contributed by atoms with Gasteiger partial charge in [-0.15, -0.1) is 0 Å². The van der Waals surface area contributed by atoms with Crippen LogP contribution in [-0.2, 0) is 13.0 Å². The molecule has 8 nitrogen and oxygen atoms in total. The van der Waals surface area contributed by atoms with E-state index in [1.807, 2.05) is 0 Å². The van der Waals surface area contributed by atoms with Crippen molar-refractivity contribution in [1.82, 2.24) is 14.7 Å². The highest BCUT2D eigenvalue weighted by molar-refractivity contribution is 6.05. The van der Waals surface area contributed by atoms with Crippen LogP contribution >= 0.6 is 0 Å². The number of nitrogens with two attached hydrogens (primary N) is 1. The summed E-state index contributed by atoms with van der Waals surface area (Å²) in [7, 11) is 1.18. The van der Waals surface area contributed by atoms with Crippen molar-refractivity contribution in [3.8, 4) is 17.2 Å². The maximum absolute atomic E-state index is 13.6. The molecule has 2 amide bonds. The van der Waals surface area contributed by atoms with Crippen molar-refractivity contribution in [2.45, 2.75) is 32.2 Å². The third-order valence-electron chi connectivity index (χ3n) is 5.80. The number of alkyl halides is 3. The van der Waals surface area contributed by atoms with E-state index in [9.17, 15) is 27.2 Å². The van der Waals surface area contributed by atoms with E-state index in [1.54, 1.807) is 23.0 Å². The maximum Gasteiger partial charge on any atom is 0.425 e. The van der Waals surface area contributed by atoms with Gasteiger partial charge in [0.05, 0.1) is 24.1 Å². The van der Waals surface area contributed by atoms with Crippen LogP contribution in [0.5, 0.6) is 11.5 Å². The molecule has 0 saturated heterocycles. The molecule has 0 radical (unpaired) electrons. The van der Waals surface area contributed by atoms with E-state index in [0.29, 0.717) is 17.7 Å². The van der Waals surface area contributed by atoms with Crippen LogP contribution < -0.4 is 15.2 Å². The number of methoxy groups -OCH3 is 1. The number of amides is 2. The molecule has 1 aromatic heterocycles. The van der Waals surface area contributed by atoms with E-state index < -0.39 is 29.9 Å². The molecule has 1 atom stereocenters. The molecular weight excluding hydrogens is 484 g/mol. The second kappa shape index (κ2) is 9.51. The van der Waals surface area contributed by atoms with Gasteiger partial charge in [0.25, 0.3) is 11.8 Å². The number of ether oxygens (including phenoxy) is 2. The molecule has 0 aliphatic carbocycles. The lowest BCUT2D eigenvalue weighted by Gasteiger charge is -2.28. The first-order valence-corrected chi connectivity index (χ1v) is 10.9. The molecule has 12 heteroatoms. The van der Waals surface area contributed by atoms with Gasteiger partial charge >= 0.3 is 6.18 Å². The Bertz CT molecular complexity index is 1300. The summed E-state index contributed by atoms with van der Waals surface area (Å²) in [5.41, 5.74) is 6.93. The standard InChI is InChI=1S/C24H22F4N4O4/c1-13(24(26,27)28)36-19-8-7-17(22(29)33)21(35-2)20(19)23(34)31-10-9-18-14(11-31)12-32(30-18)16-5-3-15(25)4-6-16/h3-8,12-13H,9-11H2,1-2H3,(H2,29,33). The molecule has 0 bridgehead atoms. The molecule has 1 aliphatic rings. The molecule has 0 saturated carbocycles. The first-order chi connectivity index (χ1) is 17.0. The van der Waals surface area contributed by atoms with Crippen LogP contribution in [-0.4, -0.2) is 52.4 Å². The van der Waals surface area contributed by atoms with Gasteiger partial charge in [0, 0.05) is 31.3 Å². The molecule has 2 aromatic carbocycles. The SMILES string of the molecule is COc1c(C(N)=O)ccc(OC(C)C(F)(F)F)c1C(=O)N1CCc2nn(-c3ccc(F)cc3)cc2C1. The van der Waals surface area contributed by atoms with Crippen molar-refractivity contribution < 1.29 is 36.6 Å². The number of fused-ring (bicyclic) bond motifs is 1. The lowest BCUT2D eigenvalue weighted by Crippen LogP contribution is -2.37. The Morgan fingerprint density at radius 3 is 2.44 bits per heavy atom. The van der Waals surface area contributed by atoms with Crippen LogP contribution in [0, 0.1) is 5.82 Å². The second-order valence-corrected chi connectivity index (χ2v) is 8.18. The molecule has 4 rings (SSSR count). The van der Waals surface area contributed by atoms with Crippen LogP contribution in [0.2, 0.25) is 0 Å². The molecule has 0 spiro atoms. The van der Waals surface area contributed by atoms with E-state index in [0.717, 1.165) is 24.8 Å². The summed E-state index contributed by atoms with van der Waals surface area (Å²) in [6.07, 6.45) is -4.86. The number of aromatic nitrogens is 2. The fraction of sp³-hybridized carbons (Fsp3) is 0.292. The molecular formula is C24H22F4N4O4. The van der Waals surface area contributed by atoms with Gasteiger partial charge in [0.15, 0.2) is 6.10 Å². The number of hydrogen-bond acceptors (Lipinski definition) is 5. The predicted octanol–water partition coefficient (Wildman–Crippen LogP) is 3.65. The Labute approximate surface area is 203 Å². The summed E-state index contributed by atoms with van der Waals surface area (Å²) in [5, 5.41) is 4.49. The fourth-order valence-corrected chi connectivity index (χ4v) is 3.90. The molecule has 2 N–H and O–H groups in total. The van der Waals surface area contributed by atoms with Gasteiger partial charge in [-0.1, -0.05) is 0 Å². The average Bonchev–Trinajstić information content (AvgIpc) is 3.26. The zero-order valence-electron chi connectivity index (χ0n) is 19.3. The molecule has 1 aliphatic heterocycles. The molecule has 1 unspecified atom stereocenters. The number of rotatable bonds is 6. The van der Waals surface area contributed by atoms with Crippen molar-refractivity contribution in [3.63, 3.8) is 0 Å². The van der Waals surface area contributed by atoms with Gasteiger partial charge in [-0.2, -0.15) is 18.3 Å². The Balaban J connectivity index is 1.69. The van der Waals surface area contributed by atoms with Gasteiger partial charge in [-0.05, 0) is 43.3 Å². The maximum atomic E-state index is 13.6. The van der Waals surface area contributed by atoms with Crippen LogP contribution in [0.3, 0.4) is 0 Å². The number of carbonyl (C=O) groups excluding carboxylic acids is 2. The topological polar surface area (TPSA) is 99.7 Å². The summed E-state index contributed by atoms with van der Waals surface area (Å²) < 4.78 is 64.7. The lowest BCUT2D eigenvalue weighted by molar-refractivity contribution is -0.189. The molecule has 36 heavy (non-hydrogen) atoms. The summed E-state index contributed by atoms with van der Waals surface area (Å²) in [6.45, 7) is 1.10. The third-order valence-corrected chi connectivity index (χ3v) is 5.80. The first-order valence-electron chi connectivity index (χ1n) is 10.9. The van der Waals surface area contributed by atoms with E-state index in [1.165, 1.54) is 24.1 Å². The van der Waals surface area contributed by atoms with E-state index >= 15 is 0 Å². The highest BCUT2D eigenvalue weighted by atomic mass is 19.4. The number of primary amides is 1. The van der Waals surface area contributed by atoms with Crippen molar-refractivity contribution in [3.05, 3.63) is 70.8 Å². The quantitative estimate of drug-likeness (QED) is 0.515. The Morgan fingerprint density at radius 2 is 1.83 bits per heavy atom. The monoisotopic (exact) mass is 506 g/mol. The minimum absolute atomic E-state index is 0.0909. The van der Waals surface area contributed by atoms with Gasteiger partial charge < -0.3 is 20.1 Å². The van der Waals surface area contributed by atoms with Crippen LogP contribution in [0.15, 0.2) is 42.6 Å². The summed E-state index contributed by atoms with van der Waals surface area (Å²) >= 11 is 0. The Kier molecular flexibility index (Phi) is 6.61. The molecule has 3 aromatic rings. The minimum atomic E-state index is -4.69. The van der Waals surface area contributed by atoms with Gasteiger partial charge in [0.1, 0.15) is 22.9 Å². The predicted molar refractivity (Wildman–Crippen MR) is 120 cm³/mol. The zero-order chi connectivity index (χ0) is 26.2. The zero-order valence-corrected chi connectivity index (χ0v) is 19.3. The number of halogens is 4. The number of carbonyl (C=O) groups is 2. The number of hydrogen-bond donors (Lipinski definition) is 1. The summed E-state index contributed by atoms with van der Waals surface area (Å²) in [6, 6.07) is 7.96. The lowest BCUT2D eigenvalue weighted by atomic mass is 10.0.